The zero-order valence-electron chi connectivity index (χ0n) is 9.64. The van der Waals surface area contributed by atoms with Crippen molar-refractivity contribution in [3.05, 3.63) is 55.0 Å². The Hall–Kier alpha value is -2.55. The van der Waals surface area contributed by atoms with Crippen LogP contribution in [0.5, 0.6) is 0 Å². The average molecular weight is 233 g/mol. The number of nitrogens with one attached hydrogen (secondary N) is 2. The summed E-state index contributed by atoms with van der Waals surface area (Å²) < 4.78 is 0. The lowest BCUT2D eigenvalue weighted by Crippen LogP contribution is -1.81. The van der Waals surface area contributed by atoms with Crippen molar-refractivity contribution in [1.29, 1.82) is 0 Å². The lowest BCUT2D eigenvalue weighted by molar-refractivity contribution is 1.33. The van der Waals surface area contributed by atoms with Gasteiger partial charge in [-0.1, -0.05) is 6.07 Å². The van der Waals surface area contributed by atoms with Crippen LogP contribution in [-0.4, -0.2) is 15.0 Å². The summed E-state index contributed by atoms with van der Waals surface area (Å²) in [5.74, 6) is 0. The number of hydrogen-bond acceptors (Lipinski definition) is 1. The van der Waals surface area contributed by atoms with Gasteiger partial charge in [0, 0.05) is 35.1 Å². The molecule has 3 heteroatoms. The van der Waals surface area contributed by atoms with E-state index in [1.165, 1.54) is 10.9 Å². The quantitative estimate of drug-likeness (QED) is 0.517. The van der Waals surface area contributed by atoms with Crippen LogP contribution in [0.3, 0.4) is 0 Å². The second-order valence-electron chi connectivity index (χ2n) is 4.42. The third kappa shape index (κ3) is 1.34. The minimum Gasteiger partial charge on any atom is -0.361 e. The van der Waals surface area contributed by atoms with Crippen molar-refractivity contribution in [2.75, 3.05) is 0 Å². The topological polar surface area (TPSA) is 44.5 Å². The number of aromatic amines is 2. The molecule has 2 N–H and O–H groups in total. The summed E-state index contributed by atoms with van der Waals surface area (Å²) in [6.45, 7) is 0. The van der Waals surface area contributed by atoms with Crippen LogP contribution in [0.2, 0.25) is 0 Å². The predicted octanol–water partition coefficient (Wildman–Crippen LogP) is 3.71. The van der Waals surface area contributed by atoms with E-state index in [-0.39, 0.29) is 0 Å². The minimum absolute atomic E-state index is 0.932. The molecule has 0 unspecified atom stereocenters. The van der Waals surface area contributed by atoms with E-state index in [0.717, 1.165) is 22.1 Å². The smallest absolute Gasteiger partial charge is 0.137 e. The molecule has 3 nitrogen and oxygen atoms in total. The van der Waals surface area contributed by atoms with E-state index >= 15 is 0 Å². The van der Waals surface area contributed by atoms with E-state index in [9.17, 15) is 0 Å². The fourth-order valence-corrected chi connectivity index (χ4v) is 2.33. The Bertz CT molecular complexity index is 767. The molecule has 3 aromatic heterocycles. The molecule has 0 radical (unpaired) electrons. The molecule has 0 bridgehead atoms. The Morgan fingerprint density at radius 2 is 1.61 bits per heavy atom. The van der Waals surface area contributed by atoms with Crippen LogP contribution in [0.4, 0.5) is 0 Å². The van der Waals surface area contributed by atoms with E-state index in [1.807, 2.05) is 24.7 Å². The largest absolute Gasteiger partial charge is 0.361 e. The van der Waals surface area contributed by atoms with Crippen molar-refractivity contribution >= 4 is 21.9 Å². The highest BCUT2D eigenvalue weighted by Crippen LogP contribution is 2.25. The fraction of sp³-hybridized carbons (Fsp3) is 0. The molecule has 0 amide bonds. The first-order chi connectivity index (χ1) is 8.90. The van der Waals surface area contributed by atoms with Crippen molar-refractivity contribution in [2.24, 2.45) is 0 Å². The first-order valence-corrected chi connectivity index (χ1v) is 5.91. The molecule has 0 fully saturated rings. The average Bonchev–Trinajstić information content (AvgIpc) is 3.05. The van der Waals surface area contributed by atoms with Crippen LogP contribution in [0, 0.1) is 0 Å². The van der Waals surface area contributed by atoms with Gasteiger partial charge >= 0.3 is 0 Å². The maximum absolute atomic E-state index is 4.42. The summed E-state index contributed by atoms with van der Waals surface area (Å²) in [4.78, 5) is 10.7. The van der Waals surface area contributed by atoms with E-state index < -0.39 is 0 Å². The van der Waals surface area contributed by atoms with Crippen LogP contribution in [0.15, 0.2) is 55.0 Å². The third-order valence-corrected chi connectivity index (χ3v) is 3.29. The van der Waals surface area contributed by atoms with Gasteiger partial charge in [0.05, 0.1) is 0 Å². The Labute approximate surface area is 103 Å². The highest BCUT2D eigenvalue weighted by atomic mass is 14.8. The van der Waals surface area contributed by atoms with Crippen molar-refractivity contribution in [2.45, 2.75) is 0 Å². The Morgan fingerprint density at radius 1 is 0.778 bits per heavy atom. The van der Waals surface area contributed by atoms with Crippen LogP contribution in [0.25, 0.3) is 33.1 Å². The lowest BCUT2D eigenvalue weighted by Gasteiger charge is -2.02. The van der Waals surface area contributed by atoms with Gasteiger partial charge in [-0.15, -0.1) is 0 Å². The van der Waals surface area contributed by atoms with Crippen LogP contribution < -0.4 is 0 Å². The standard InChI is InChI=1S/C15H11N3/c1-2-14-11(3-5-16-14)7-10(1)13-8-12-4-6-17-15(12)18-9-13/h1-9,16H,(H,17,18). The molecule has 86 valence electrons. The second kappa shape index (κ2) is 3.47. The SMILES string of the molecule is c1cc2cc(-c3cnc4[nH]ccc4c3)ccc2[nH]1. The molecule has 4 rings (SSSR count). The van der Waals surface area contributed by atoms with Crippen molar-refractivity contribution in [1.82, 2.24) is 15.0 Å². The van der Waals surface area contributed by atoms with Crippen LogP contribution in [-0.2, 0) is 0 Å². The number of hydrogen-bond donors (Lipinski definition) is 2. The summed E-state index contributed by atoms with van der Waals surface area (Å²) in [5, 5.41) is 2.36. The lowest BCUT2D eigenvalue weighted by atomic mass is 10.1. The van der Waals surface area contributed by atoms with E-state index in [4.69, 9.17) is 0 Å². The summed E-state index contributed by atoms with van der Waals surface area (Å²) >= 11 is 0. The Kier molecular flexibility index (Phi) is 1.83. The molecule has 18 heavy (non-hydrogen) atoms. The number of nitrogens with zero attached hydrogens (tertiary/aromatic N) is 1. The first kappa shape index (κ1) is 9.48. The summed E-state index contributed by atoms with van der Waals surface area (Å²) in [5.41, 5.74) is 4.43. The van der Waals surface area contributed by atoms with Gasteiger partial charge in [0.15, 0.2) is 0 Å². The number of fused-ring (bicyclic) bond motifs is 2. The Morgan fingerprint density at radius 3 is 2.61 bits per heavy atom. The molecule has 0 aliphatic carbocycles. The number of pyridine rings is 1. The number of benzene rings is 1. The molecule has 0 spiro atoms. The van der Waals surface area contributed by atoms with Crippen molar-refractivity contribution in [3.8, 4) is 11.1 Å². The molecule has 0 aliphatic rings. The summed E-state index contributed by atoms with van der Waals surface area (Å²) in [7, 11) is 0. The van der Waals surface area contributed by atoms with E-state index in [2.05, 4.69) is 45.3 Å². The fourth-order valence-electron chi connectivity index (χ4n) is 2.33. The number of aromatic nitrogens is 3. The molecule has 0 aliphatic heterocycles. The van der Waals surface area contributed by atoms with E-state index in [0.29, 0.717) is 0 Å². The van der Waals surface area contributed by atoms with Crippen LogP contribution in [0.1, 0.15) is 0 Å². The molecule has 0 saturated carbocycles. The van der Waals surface area contributed by atoms with E-state index in [1.54, 1.807) is 0 Å². The number of rotatable bonds is 1. The normalized spacial score (nSPS) is 11.3. The third-order valence-electron chi connectivity index (χ3n) is 3.29. The molecule has 4 aromatic rings. The molecule has 3 heterocycles. The van der Waals surface area contributed by atoms with Gasteiger partial charge in [-0.25, -0.2) is 4.98 Å². The molecule has 0 saturated heterocycles. The van der Waals surface area contributed by atoms with Crippen molar-refractivity contribution in [3.63, 3.8) is 0 Å². The zero-order chi connectivity index (χ0) is 11.9. The highest BCUT2D eigenvalue weighted by molar-refractivity contribution is 5.87. The first-order valence-electron chi connectivity index (χ1n) is 5.91. The van der Waals surface area contributed by atoms with Gasteiger partial charge in [-0.3, -0.25) is 0 Å². The number of H-pyrrole nitrogens is 2. The van der Waals surface area contributed by atoms with Crippen molar-refractivity contribution < 1.29 is 0 Å². The molecular weight excluding hydrogens is 222 g/mol. The maximum atomic E-state index is 4.42. The monoisotopic (exact) mass is 233 g/mol. The highest BCUT2D eigenvalue weighted by Gasteiger charge is 2.03. The summed E-state index contributed by atoms with van der Waals surface area (Å²) in [6, 6.07) is 12.7. The van der Waals surface area contributed by atoms with Gasteiger partial charge < -0.3 is 9.97 Å². The second-order valence-corrected chi connectivity index (χ2v) is 4.42. The molecular formula is C15H11N3. The van der Waals surface area contributed by atoms with Gasteiger partial charge in [0.2, 0.25) is 0 Å². The Balaban J connectivity index is 1.93. The zero-order valence-corrected chi connectivity index (χ0v) is 9.64. The summed E-state index contributed by atoms with van der Waals surface area (Å²) in [6.07, 6.45) is 5.78. The maximum Gasteiger partial charge on any atom is 0.137 e. The van der Waals surface area contributed by atoms with Crippen LogP contribution >= 0.6 is 0 Å². The minimum atomic E-state index is 0.932. The van der Waals surface area contributed by atoms with Gasteiger partial charge in [-0.2, -0.15) is 0 Å². The predicted molar refractivity (Wildman–Crippen MR) is 73.4 cm³/mol. The van der Waals surface area contributed by atoms with Gasteiger partial charge in [0.25, 0.3) is 0 Å². The van der Waals surface area contributed by atoms with Gasteiger partial charge in [-0.05, 0) is 41.3 Å². The molecule has 1 aromatic carbocycles. The van der Waals surface area contributed by atoms with Gasteiger partial charge in [0.1, 0.15) is 5.65 Å². The molecule has 0 atom stereocenters.